The van der Waals surface area contributed by atoms with E-state index in [-0.39, 0.29) is 16.0 Å². The Balaban J connectivity index is 2.17. The maximum absolute atomic E-state index is 10.7. The number of thiophene rings is 1. The number of nitrogens with zero attached hydrogens (tertiary/aromatic N) is 3. The van der Waals surface area contributed by atoms with E-state index >= 15 is 0 Å². The van der Waals surface area contributed by atoms with Crippen LogP contribution in [-0.4, -0.2) is 36.0 Å². The molecular formula is C11H14N4O2S. The van der Waals surface area contributed by atoms with Crippen LogP contribution in [-0.2, 0) is 0 Å². The average Bonchev–Trinajstić information content (AvgIpc) is 2.86. The van der Waals surface area contributed by atoms with Crippen LogP contribution in [0, 0.1) is 21.4 Å². The third-order valence-electron chi connectivity index (χ3n) is 3.05. The lowest BCUT2D eigenvalue weighted by molar-refractivity contribution is -0.380. The zero-order valence-corrected chi connectivity index (χ0v) is 10.7. The minimum Gasteiger partial charge on any atom is -0.314 e. The lowest BCUT2D eigenvalue weighted by atomic mass is 10.1. The number of nitro groups is 1. The molecule has 0 unspecified atom stereocenters. The van der Waals surface area contributed by atoms with Gasteiger partial charge in [0, 0.05) is 43.7 Å². The van der Waals surface area contributed by atoms with Gasteiger partial charge in [0.1, 0.15) is 0 Å². The van der Waals surface area contributed by atoms with Crippen LogP contribution >= 0.6 is 11.3 Å². The molecule has 0 bridgehead atoms. The molecule has 1 fully saturated rings. The molecule has 18 heavy (non-hydrogen) atoms. The Hall–Kier alpha value is -1.49. The zero-order chi connectivity index (χ0) is 13.0. The Morgan fingerprint density at radius 1 is 1.61 bits per heavy atom. The first-order valence-electron chi connectivity index (χ1n) is 5.77. The van der Waals surface area contributed by atoms with Crippen molar-refractivity contribution in [1.29, 1.82) is 5.26 Å². The molecule has 1 aliphatic rings. The molecule has 1 aromatic heterocycles. The van der Waals surface area contributed by atoms with Gasteiger partial charge >= 0.3 is 5.00 Å². The fraction of sp³-hybridized carbons (Fsp3) is 0.545. The van der Waals surface area contributed by atoms with Gasteiger partial charge in [-0.05, 0) is 5.56 Å². The number of hydrogen-bond donors (Lipinski definition) is 1. The lowest BCUT2D eigenvalue weighted by Crippen LogP contribution is -2.45. The molecule has 1 aliphatic heterocycles. The quantitative estimate of drug-likeness (QED) is 0.660. The Labute approximate surface area is 109 Å². The highest BCUT2D eigenvalue weighted by atomic mass is 32.1. The molecule has 1 aromatic rings. The van der Waals surface area contributed by atoms with Crippen molar-refractivity contribution in [2.75, 3.05) is 26.2 Å². The van der Waals surface area contributed by atoms with Crippen LogP contribution in [0.5, 0.6) is 0 Å². The van der Waals surface area contributed by atoms with E-state index in [1.54, 1.807) is 11.4 Å². The van der Waals surface area contributed by atoms with E-state index in [0.29, 0.717) is 6.42 Å². The molecule has 2 heterocycles. The van der Waals surface area contributed by atoms with E-state index < -0.39 is 0 Å². The van der Waals surface area contributed by atoms with Crippen LogP contribution in [0.3, 0.4) is 0 Å². The molecule has 0 saturated carbocycles. The molecule has 6 nitrogen and oxygen atoms in total. The molecule has 0 amide bonds. The summed E-state index contributed by atoms with van der Waals surface area (Å²) in [6.45, 7) is 3.54. The molecular weight excluding hydrogens is 252 g/mol. The number of hydrogen-bond acceptors (Lipinski definition) is 6. The Morgan fingerprint density at radius 3 is 2.89 bits per heavy atom. The highest BCUT2D eigenvalue weighted by Gasteiger charge is 2.24. The van der Waals surface area contributed by atoms with Crippen molar-refractivity contribution < 1.29 is 4.92 Å². The van der Waals surface area contributed by atoms with E-state index in [1.165, 1.54) is 0 Å². The number of nitrogens with one attached hydrogen (secondary N) is 1. The predicted octanol–water partition coefficient (Wildman–Crippen LogP) is 1.52. The van der Waals surface area contributed by atoms with Crippen LogP contribution in [0.1, 0.15) is 18.0 Å². The van der Waals surface area contributed by atoms with Gasteiger partial charge in [0.25, 0.3) is 0 Å². The Kier molecular flexibility index (Phi) is 4.25. The molecule has 7 heteroatoms. The second kappa shape index (κ2) is 5.91. The van der Waals surface area contributed by atoms with Crippen LogP contribution in [0.4, 0.5) is 5.00 Å². The van der Waals surface area contributed by atoms with Crippen molar-refractivity contribution in [3.05, 3.63) is 27.1 Å². The van der Waals surface area contributed by atoms with Gasteiger partial charge in [-0.3, -0.25) is 15.0 Å². The van der Waals surface area contributed by atoms with E-state index in [9.17, 15) is 10.1 Å². The number of nitriles is 1. The predicted molar refractivity (Wildman–Crippen MR) is 68.4 cm³/mol. The molecule has 1 N–H and O–H groups in total. The molecule has 0 radical (unpaired) electrons. The summed E-state index contributed by atoms with van der Waals surface area (Å²) in [5.74, 6) is 0. The minimum absolute atomic E-state index is 0.0259. The average molecular weight is 266 g/mol. The van der Waals surface area contributed by atoms with Crippen LogP contribution < -0.4 is 5.32 Å². The first-order chi connectivity index (χ1) is 8.72. The van der Waals surface area contributed by atoms with E-state index in [4.69, 9.17) is 5.26 Å². The van der Waals surface area contributed by atoms with E-state index in [1.807, 2.05) is 0 Å². The summed E-state index contributed by atoms with van der Waals surface area (Å²) >= 11 is 1.13. The van der Waals surface area contributed by atoms with E-state index in [0.717, 1.165) is 43.1 Å². The molecule has 0 aromatic carbocycles. The maximum atomic E-state index is 10.7. The lowest BCUT2D eigenvalue weighted by Gasteiger charge is -2.33. The molecule has 2 rings (SSSR count). The van der Waals surface area contributed by atoms with Crippen LogP contribution in [0.25, 0.3) is 0 Å². The first-order valence-corrected chi connectivity index (χ1v) is 6.65. The molecule has 1 saturated heterocycles. The molecule has 1 atom stereocenters. The first kappa shape index (κ1) is 13.0. The summed E-state index contributed by atoms with van der Waals surface area (Å²) in [5.41, 5.74) is 0.884. The summed E-state index contributed by atoms with van der Waals surface area (Å²) in [5, 5.41) is 24.8. The summed E-state index contributed by atoms with van der Waals surface area (Å²) < 4.78 is 0. The van der Waals surface area contributed by atoms with Crippen molar-refractivity contribution in [1.82, 2.24) is 10.2 Å². The third kappa shape index (κ3) is 2.85. The van der Waals surface area contributed by atoms with Gasteiger partial charge in [-0.1, -0.05) is 11.3 Å². The molecule has 96 valence electrons. The highest BCUT2D eigenvalue weighted by molar-refractivity contribution is 7.13. The normalized spacial score (nSPS) is 18.2. The van der Waals surface area contributed by atoms with Crippen molar-refractivity contribution >= 4 is 16.3 Å². The number of piperazine rings is 1. The Morgan fingerprint density at radius 2 is 2.33 bits per heavy atom. The van der Waals surface area contributed by atoms with Crippen LogP contribution in [0.15, 0.2) is 11.4 Å². The maximum Gasteiger partial charge on any atom is 0.324 e. The topological polar surface area (TPSA) is 82.2 Å². The largest absolute Gasteiger partial charge is 0.324 e. The van der Waals surface area contributed by atoms with Gasteiger partial charge in [0.2, 0.25) is 0 Å². The van der Waals surface area contributed by atoms with Gasteiger partial charge in [-0.15, -0.1) is 0 Å². The monoisotopic (exact) mass is 266 g/mol. The van der Waals surface area contributed by atoms with Crippen molar-refractivity contribution in [2.24, 2.45) is 0 Å². The summed E-state index contributed by atoms with van der Waals surface area (Å²) in [4.78, 5) is 12.5. The zero-order valence-electron chi connectivity index (χ0n) is 9.83. The second-order valence-corrected chi connectivity index (χ2v) is 5.03. The second-order valence-electron chi connectivity index (χ2n) is 4.14. The van der Waals surface area contributed by atoms with Crippen molar-refractivity contribution in [3.8, 4) is 6.07 Å². The van der Waals surface area contributed by atoms with E-state index in [2.05, 4.69) is 16.3 Å². The van der Waals surface area contributed by atoms with Crippen molar-refractivity contribution in [3.63, 3.8) is 0 Å². The molecule has 0 spiro atoms. The summed E-state index contributed by atoms with van der Waals surface area (Å²) in [6.07, 6.45) is 0.369. The van der Waals surface area contributed by atoms with Gasteiger partial charge in [0.05, 0.1) is 17.4 Å². The summed E-state index contributed by atoms with van der Waals surface area (Å²) in [7, 11) is 0. The fourth-order valence-corrected chi connectivity index (χ4v) is 2.92. The van der Waals surface area contributed by atoms with Crippen molar-refractivity contribution in [2.45, 2.75) is 12.5 Å². The summed E-state index contributed by atoms with van der Waals surface area (Å²) in [6, 6.07) is 3.74. The minimum atomic E-state index is -0.380. The van der Waals surface area contributed by atoms with Gasteiger partial charge < -0.3 is 5.32 Å². The fourth-order valence-electron chi connectivity index (χ4n) is 2.15. The van der Waals surface area contributed by atoms with Gasteiger partial charge in [-0.2, -0.15) is 5.26 Å². The molecule has 0 aliphatic carbocycles. The highest BCUT2D eigenvalue weighted by Crippen LogP contribution is 2.31. The third-order valence-corrected chi connectivity index (χ3v) is 3.95. The number of rotatable bonds is 4. The SMILES string of the molecule is N#CC[C@@H](c1csc([N+](=O)[O-])c1)N1CCNCC1. The van der Waals surface area contributed by atoms with Crippen LogP contribution in [0.2, 0.25) is 0 Å². The smallest absolute Gasteiger partial charge is 0.314 e. The van der Waals surface area contributed by atoms with Gasteiger partial charge in [-0.25, -0.2) is 0 Å². The Bertz CT molecular complexity index is 462. The standard InChI is InChI=1S/C11H14N4O2S/c12-2-1-10(14-5-3-13-4-6-14)9-7-11(15(16)17)18-8-9/h7-8,10,13H,1,3-6H2/t10-/m0/s1. The van der Waals surface area contributed by atoms with Gasteiger partial charge in [0.15, 0.2) is 0 Å².